The largest absolute Gasteiger partial charge is 0.377 e. The minimum Gasteiger partial charge on any atom is -0.377 e. The van der Waals surface area contributed by atoms with Crippen LogP contribution in [0, 0.1) is 0 Å². The van der Waals surface area contributed by atoms with Crippen LogP contribution in [0.25, 0.3) is 0 Å². The predicted octanol–water partition coefficient (Wildman–Crippen LogP) is 2.59. The van der Waals surface area contributed by atoms with E-state index in [2.05, 4.69) is 32.2 Å². The molecule has 1 aliphatic rings. The summed E-state index contributed by atoms with van der Waals surface area (Å²) < 4.78 is 0. The van der Waals surface area contributed by atoms with Gasteiger partial charge in [0.15, 0.2) is 5.78 Å². The number of anilines is 1. The molecule has 0 saturated heterocycles. The maximum absolute atomic E-state index is 11.5. The third kappa shape index (κ3) is 1.41. The van der Waals surface area contributed by atoms with Gasteiger partial charge in [-0.3, -0.25) is 4.79 Å². The van der Waals surface area contributed by atoms with Gasteiger partial charge in [0.05, 0.1) is 6.54 Å². The van der Waals surface area contributed by atoms with Crippen LogP contribution < -0.4 is 5.32 Å². The summed E-state index contributed by atoms with van der Waals surface area (Å²) in [6.07, 6.45) is 0. The Hall–Kier alpha value is -1.31. The highest BCUT2D eigenvalue weighted by molar-refractivity contribution is 6.08. The molecule has 74 valence electrons. The fourth-order valence-electron chi connectivity index (χ4n) is 1.67. The minimum absolute atomic E-state index is 0.109. The van der Waals surface area contributed by atoms with Crippen molar-refractivity contribution in [3.8, 4) is 0 Å². The topological polar surface area (TPSA) is 29.1 Å². The maximum atomic E-state index is 11.5. The molecular weight excluding hydrogens is 174 g/mol. The quantitative estimate of drug-likeness (QED) is 0.679. The zero-order chi connectivity index (χ0) is 10.3. The molecule has 0 fully saturated rings. The lowest BCUT2D eigenvalue weighted by atomic mass is 9.86. The van der Waals surface area contributed by atoms with Crippen LogP contribution in [0.4, 0.5) is 5.69 Å². The normalized spacial score (nSPS) is 15.2. The first kappa shape index (κ1) is 9.25. The van der Waals surface area contributed by atoms with Gasteiger partial charge in [0.2, 0.25) is 0 Å². The number of benzene rings is 1. The van der Waals surface area contributed by atoms with E-state index in [1.54, 1.807) is 0 Å². The summed E-state index contributed by atoms with van der Waals surface area (Å²) in [4.78, 5) is 11.5. The van der Waals surface area contributed by atoms with Crippen molar-refractivity contribution in [2.24, 2.45) is 0 Å². The molecule has 1 N–H and O–H groups in total. The minimum atomic E-state index is 0.109. The SMILES string of the molecule is CC(C)(C)c1ccc2c(c1)C(=O)CN2. The highest BCUT2D eigenvalue weighted by Crippen LogP contribution is 2.29. The van der Waals surface area contributed by atoms with E-state index in [1.807, 2.05) is 12.1 Å². The van der Waals surface area contributed by atoms with Crippen LogP contribution in [-0.2, 0) is 5.41 Å². The van der Waals surface area contributed by atoms with E-state index in [4.69, 9.17) is 0 Å². The van der Waals surface area contributed by atoms with Crippen LogP contribution in [0.2, 0.25) is 0 Å². The van der Waals surface area contributed by atoms with Crippen LogP contribution in [0.3, 0.4) is 0 Å². The zero-order valence-electron chi connectivity index (χ0n) is 8.85. The number of nitrogens with one attached hydrogen (secondary N) is 1. The molecule has 1 heterocycles. The van der Waals surface area contributed by atoms with Crippen molar-refractivity contribution in [1.82, 2.24) is 0 Å². The second-order valence-electron chi connectivity index (χ2n) is 4.79. The smallest absolute Gasteiger partial charge is 0.183 e. The summed E-state index contributed by atoms with van der Waals surface area (Å²) in [7, 11) is 0. The lowest BCUT2D eigenvalue weighted by Crippen LogP contribution is -2.11. The molecule has 0 aromatic heterocycles. The molecule has 1 aromatic carbocycles. The van der Waals surface area contributed by atoms with E-state index in [1.165, 1.54) is 5.56 Å². The Morgan fingerprint density at radius 3 is 2.64 bits per heavy atom. The summed E-state index contributed by atoms with van der Waals surface area (Å²) in [6.45, 7) is 6.91. The number of carbonyl (C=O) groups excluding carboxylic acids is 1. The molecule has 2 heteroatoms. The zero-order valence-corrected chi connectivity index (χ0v) is 8.85. The van der Waals surface area contributed by atoms with Crippen molar-refractivity contribution in [3.05, 3.63) is 29.3 Å². The van der Waals surface area contributed by atoms with Gasteiger partial charge in [0, 0.05) is 11.3 Å². The number of rotatable bonds is 0. The molecule has 0 aliphatic carbocycles. The van der Waals surface area contributed by atoms with Gasteiger partial charge in [0.1, 0.15) is 0 Å². The molecule has 0 atom stereocenters. The van der Waals surface area contributed by atoms with Gasteiger partial charge in [-0.05, 0) is 23.1 Å². The van der Waals surface area contributed by atoms with Gasteiger partial charge >= 0.3 is 0 Å². The number of ketones is 1. The summed E-state index contributed by atoms with van der Waals surface area (Å²) >= 11 is 0. The van der Waals surface area contributed by atoms with Crippen LogP contribution in [-0.4, -0.2) is 12.3 Å². The van der Waals surface area contributed by atoms with E-state index in [9.17, 15) is 4.79 Å². The van der Waals surface area contributed by atoms with E-state index in [-0.39, 0.29) is 11.2 Å². The molecular formula is C12H15NO. The van der Waals surface area contributed by atoms with Crippen molar-refractivity contribution in [2.45, 2.75) is 26.2 Å². The summed E-state index contributed by atoms with van der Waals surface area (Å²) in [5.74, 6) is 0.200. The number of fused-ring (bicyclic) bond motifs is 1. The Balaban J connectivity index is 2.50. The van der Waals surface area contributed by atoms with E-state index in [0.29, 0.717) is 6.54 Å². The number of carbonyl (C=O) groups is 1. The van der Waals surface area contributed by atoms with Crippen LogP contribution in [0.15, 0.2) is 18.2 Å². The van der Waals surface area contributed by atoms with E-state index >= 15 is 0 Å². The lowest BCUT2D eigenvalue weighted by Gasteiger charge is -2.19. The first-order valence-electron chi connectivity index (χ1n) is 4.90. The Bertz CT molecular complexity index is 388. The molecule has 1 aromatic rings. The fourth-order valence-corrected chi connectivity index (χ4v) is 1.67. The number of hydrogen-bond donors (Lipinski definition) is 1. The summed E-state index contributed by atoms with van der Waals surface area (Å²) in [5.41, 5.74) is 3.14. The molecule has 2 rings (SSSR count). The van der Waals surface area contributed by atoms with E-state index < -0.39 is 0 Å². The van der Waals surface area contributed by atoms with Gasteiger partial charge in [-0.15, -0.1) is 0 Å². The van der Waals surface area contributed by atoms with Gasteiger partial charge in [-0.25, -0.2) is 0 Å². The molecule has 0 bridgehead atoms. The summed E-state index contributed by atoms with van der Waals surface area (Å²) in [5, 5.41) is 3.08. The van der Waals surface area contributed by atoms with Crippen molar-refractivity contribution < 1.29 is 4.79 Å². The van der Waals surface area contributed by atoms with E-state index in [0.717, 1.165) is 11.3 Å². The second-order valence-corrected chi connectivity index (χ2v) is 4.79. The second kappa shape index (κ2) is 2.84. The van der Waals surface area contributed by atoms with Crippen molar-refractivity contribution in [2.75, 3.05) is 11.9 Å². The molecule has 14 heavy (non-hydrogen) atoms. The van der Waals surface area contributed by atoms with Gasteiger partial charge in [-0.1, -0.05) is 26.8 Å². The van der Waals surface area contributed by atoms with Gasteiger partial charge < -0.3 is 5.32 Å². The van der Waals surface area contributed by atoms with Gasteiger partial charge in [0.25, 0.3) is 0 Å². The highest BCUT2D eigenvalue weighted by atomic mass is 16.1. The van der Waals surface area contributed by atoms with Crippen LogP contribution in [0.1, 0.15) is 36.7 Å². The number of Topliss-reactive ketones (excluding diaryl/α,β-unsaturated/α-hetero) is 1. The van der Waals surface area contributed by atoms with Crippen molar-refractivity contribution in [3.63, 3.8) is 0 Å². The Labute approximate surface area is 84.3 Å². The average molecular weight is 189 g/mol. The molecule has 1 aliphatic heterocycles. The third-order valence-corrected chi connectivity index (χ3v) is 2.63. The molecule has 0 saturated carbocycles. The Kier molecular flexibility index (Phi) is 1.88. The third-order valence-electron chi connectivity index (χ3n) is 2.63. The summed E-state index contributed by atoms with van der Waals surface area (Å²) in [6, 6.07) is 6.10. The highest BCUT2D eigenvalue weighted by Gasteiger charge is 2.22. The first-order chi connectivity index (χ1) is 6.48. The molecule has 0 radical (unpaired) electrons. The monoisotopic (exact) mass is 189 g/mol. The molecule has 2 nitrogen and oxygen atoms in total. The van der Waals surface area contributed by atoms with Crippen molar-refractivity contribution in [1.29, 1.82) is 0 Å². The predicted molar refractivity (Wildman–Crippen MR) is 58.0 cm³/mol. The number of hydrogen-bond acceptors (Lipinski definition) is 2. The molecule has 0 unspecified atom stereocenters. The standard InChI is InChI=1S/C12H15NO/c1-12(2,3)8-4-5-10-9(6-8)11(14)7-13-10/h4-6,13H,7H2,1-3H3. The lowest BCUT2D eigenvalue weighted by molar-refractivity contribution is 0.101. The van der Waals surface area contributed by atoms with Crippen molar-refractivity contribution >= 4 is 11.5 Å². The molecule has 0 spiro atoms. The van der Waals surface area contributed by atoms with Crippen LogP contribution in [0.5, 0.6) is 0 Å². The molecule has 0 amide bonds. The Morgan fingerprint density at radius 1 is 1.29 bits per heavy atom. The fraction of sp³-hybridized carbons (Fsp3) is 0.417. The maximum Gasteiger partial charge on any atom is 0.183 e. The van der Waals surface area contributed by atoms with Crippen LogP contribution >= 0.6 is 0 Å². The average Bonchev–Trinajstić information content (AvgIpc) is 2.46. The Morgan fingerprint density at radius 2 is 2.00 bits per heavy atom. The first-order valence-corrected chi connectivity index (χ1v) is 4.90. The van der Waals surface area contributed by atoms with Gasteiger partial charge in [-0.2, -0.15) is 0 Å².